The van der Waals surface area contributed by atoms with Gasteiger partial charge in [0.1, 0.15) is 6.04 Å². The maximum absolute atomic E-state index is 11.8. The quantitative estimate of drug-likeness (QED) is 0.827. The van der Waals surface area contributed by atoms with Crippen molar-refractivity contribution in [2.75, 3.05) is 20.8 Å². The van der Waals surface area contributed by atoms with Crippen LogP contribution >= 0.6 is 11.6 Å². The Morgan fingerprint density at radius 1 is 1.23 bits per heavy atom. The van der Waals surface area contributed by atoms with Crippen molar-refractivity contribution in [2.45, 2.75) is 24.9 Å². The zero-order valence-electron chi connectivity index (χ0n) is 14.8. The normalized spacial score (nSPS) is 18.5. The lowest BCUT2D eigenvalue weighted by Gasteiger charge is -2.33. The molecule has 1 saturated heterocycles. The van der Waals surface area contributed by atoms with Crippen molar-refractivity contribution < 1.29 is 19.4 Å². The predicted molar refractivity (Wildman–Crippen MR) is 100 cm³/mol. The summed E-state index contributed by atoms with van der Waals surface area (Å²) in [5.41, 5.74) is 1.79. The van der Waals surface area contributed by atoms with E-state index in [0.29, 0.717) is 29.5 Å². The molecule has 2 atom stereocenters. The first-order chi connectivity index (χ1) is 12.6. The second-order valence-electron chi connectivity index (χ2n) is 6.27. The zero-order valence-corrected chi connectivity index (χ0v) is 15.6. The molecule has 0 radical (unpaired) electrons. The van der Waals surface area contributed by atoms with Gasteiger partial charge in [-0.2, -0.15) is 0 Å². The molecule has 6 heteroatoms. The van der Waals surface area contributed by atoms with Crippen LogP contribution < -0.4 is 9.47 Å². The van der Waals surface area contributed by atoms with Crippen LogP contribution in [0.3, 0.4) is 0 Å². The molecule has 0 amide bonds. The summed E-state index contributed by atoms with van der Waals surface area (Å²) >= 11 is 6.22. The Morgan fingerprint density at radius 2 is 2.00 bits per heavy atom. The van der Waals surface area contributed by atoms with Crippen molar-refractivity contribution in [3.05, 3.63) is 58.6 Å². The third-order valence-corrected chi connectivity index (χ3v) is 5.04. The predicted octanol–water partition coefficient (Wildman–Crippen LogP) is 4.00. The fourth-order valence-electron chi connectivity index (χ4n) is 3.72. The van der Waals surface area contributed by atoms with Crippen LogP contribution in [0.2, 0.25) is 5.02 Å². The van der Waals surface area contributed by atoms with Gasteiger partial charge in [0.25, 0.3) is 0 Å². The molecule has 2 unspecified atom stereocenters. The average molecular weight is 376 g/mol. The lowest BCUT2D eigenvalue weighted by molar-refractivity contribution is -0.142. The highest BCUT2D eigenvalue weighted by Gasteiger charge is 2.38. The number of benzene rings is 2. The number of methoxy groups -OCH3 is 2. The SMILES string of the molecule is COc1cccc(C(c2cccc(Cl)c2)N2CCCC2C(=O)O)c1OC. The number of likely N-dealkylation sites (tertiary alicyclic amines) is 1. The van der Waals surface area contributed by atoms with Gasteiger partial charge in [-0.25, -0.2) is 0 Å². The van der Waals surface area contributed by atoms with Crippen LogP contribution in [0.4, 0.5) is 0 Å². The summed E-state index contributed by atoms with van der Waals surface area (Å²) in [6.45, 7) is 0.689. The smallest absolute Gasteiger partial charge is 0.320 e. The number of halogens is 1. The molecule has 5 nitrogen and oxygen atoms in total. The van der Waals surface area contributed by atoms with E-state index in [4.69, 9.17) is 21.1 Å². The maximum atomic E-state index is 11.8. The molecule has 26 heavy (non-hydrogen) atoms. The number of carboxylic acid groups (broad SMARTS) is 1. The number of para-hydroxylation sites is 1. The maximum Gasteiger partial charge on any atom is 0.320 e. The second kappa shape index (κ2) is 7.98. The standard InChI is InChI=1S/C20H22ClNO4/c1-25-17-10-4-8-15(19(17)26-2)18(13-6-3-7-14(21)12-13)22-11-5-9-16(22)20(23)24/h3-4,6-8,10,12,16,18H,5,9,11H2,1-2H3,(H,23,24). The first-order valence-corrected chi connectivity index (χ1v) is 8.89. The lowest BCUT2D eigenvalue weighted by atomic mass is 9.95. The third-order valence-electron chi connectivity index (χ3n) is 4.80. The molecule has 1 N–H and O–H groups in total. The van der Waals surface area contributed by atoms with Crippen molar-refractivity contribution in [1.82, 2.24) is 4.90 Å². The van der Waals surface area contributed by atoms with E-state index in [1.807, 2.05) is 47.4 Å². The van der Waals surface area contributed by atoms with E-state index in [1.54, 1.807) is 14.2 Å². The minimum atomic E-state index is -0.809. The number of rotatable bonds is 6. The van der Waals surface area contributed by atoms with Crippen LogP contribution in [0.1, 0.15) is 30.0 Å². The lowest BCUT2D eigenvalue weighted by Crippen LogP contribution is -2.39. The van der Waals surface area contributed by atoms with Gasteiger partial charge in [-0.05, 0) is 36.6 Å². The summed E-state index contributed by atoms with van der Waals surface area (Å²) < 4.78 is 11.1. The van der Waals surface area contributed by atoms with Gasteiger partial charge in [-0.15, -0.1) is 0 Å². The van der Waals surface area contributed by atoms with E-state index in [0.717, 1.165) is 17.5 Å². The van der Waals surface area contributed by atoms with E-state index in [9.17, 15) is 9.90 Å². The summed E-state index contributed by atoms with van der Waals surface area (Å²) in [4.78, 5) is 13.8. The molecule has 2 aromatic carbocycles. The van der Waals surface area contributed by atoms with E-state index >= 15 is 0 Å². The van der Waals surface area contributed by atoms with Crippen molar-refractivity contribution in [1.29, 1.82) is 0 Å². The molecule has 3 rings (SSSR count). The highest BCUT2D eigenvalue weighted by Crippen LogP contribution is 2.43. The molecule has 0 bridgehead atoms. The number of aliphatic carboxylic acids is 1. The number of carboxylic acids is 1. The third kappa shape index (κ3) is 3.50. The molecule has 1 heterocycles. The summed E-state index contributed by atoms with van der Waals surface area (Å²) in [5, 5.41) is 10.3. The van der Waals surface area contributed by atoms with E-state index < -0.39 is 12.0 Å². The van der Waals surface area contributed by atoms with Crippen LogP contribution in [0.5, 0.6) is 11.5 Å². The molecule has 0 aliphatic carbocycles. The highest BCUT2D eigenvalue weighted by molar-refractivity contribution is 6.30. The van der Waals surface area contributed by atoms with Crippen LogP contribution in [0.15, 0.2) is 42.5 Å². The summed E-state index contributed by atoms with van der Waals surface area (Å²) in [6.07, 6.45) is 1.46. The van der Waals surface area contributed by atoms with E-state index in [1.165, 1.54) is 0 Å². The topological polar surface area (TPSA) is 59.0 Å². The van der Waals surface area contributed by atoms with Crippen LogP contribution in [0, 0.1) is 0 Å². The molecule has 138 valence electrons. The Balaban J connectivity index is 2.17. The Labute approximate surface area is 158 Å². The van der Waals surface area contributed by atoms with Gasteiger partial charge in [0.05, 0.1) is 20.3 Å². The van der Waals surface area contributed by atoms with Crippen molar-refractivity contribution in [2.24, 2.45) is 0 Å². The molecular formula is C20H22ClNO4. The Bertz CT molecular complexity index is 795. The largest absolute Gasteiger partial charge is 0.493 e. The molecule has 1 aliphatic heterocycles. The number of nitrogens with zero attached hydrogens (tertiary/aromatic N) is 1. The molecule has 2 aromatic rings. The molecule has 0 spiro atoms. The number of hydrogen-bond acceptors (Lipinski definition) is 4. The fraction of sp³-hybridized carbons (Fsp3) is 0.350. The fourth-order valence-corrected chi connectivity index (χ4v) is 3.92. The molecule has 0 saturated carbocycles. The molecule has 1 aliphatic rings. The molecule has 0 aromatic heterocycles. The van der Waals surface area contributed by atoms with Gasteiger partial charge in [-0.1, -0.05) is 35.9 Å². The Morgan fingerprint density at radius 3 is 2.65 bits per heavy atom. The number of ether oxygens (including phenoxy) is 2. The van der Waals surface area contributed by atoms with Crippen molar-refractivity contribution >= 4 is 17.6 Å². The number of hydrogen-bond donors (Lipinski definition) is 1. The van der Waals surface area contributed by atoms with Gasteiger partial charge in [0, 0.05) is 17.1 Å². The summed E-state index contributed by atoms with van der Waals surface area (Å²) in [7, 11) is 3.18. The van der Waals surface area contributed by atoms with Crippen molar-refractivity contribution in [3.8, 4) is 11.5 Å². The Kier molecular flexibility index (Phi) is 5.69. The second-order valence-corrected chi connectivity index (χ2v) is 6.71. The minimum absolute atomic E-state index is 0.289. The minimum Gasteiger partial charge on any atom is -0.493 e. The highest BCUT2D eigenvalue weighted by atomic mass is 35.5. The monoisotopic (exact) mass is 375 g/mol. The van der Waals surface area contributed by atoms with Crippen LogP contribution in [-0.2, 0) is 4.79 Å². The first-order valence-electron chi connectivity index (χ1n) is 8.51. The van der Waals surface area contributed by atoms with Gasteiger partial charge in [0.15, 0.2) is 11.5 Å². The Hall–Kier alpha value is -2.24. The van der Waals surface area contributed by atoms with Gasteiger partial charge >= 0.3 is 5.97 Å². The van der Waals surface area contributed by atoms with Crippen LogP contribution in [-0.4, -0.2) is 42.8 Å². The summed E-state index contributed by atoms with van der Waals surface area (Å²) in [5.74, 6) is 0.413. The average Bonchev–Trinajstić information content (AvgIpc) is 3.11. The number of carbonyl (C=O) groups is 1. The first kappa shape index (κ1) is 18.5. The van der Waals surface area contributed by atoms with Gasteiger partial charge in [0.2, 0.25) is 0 Å². The molecular weight excluding hydrogens is 354 g/mol. The zero-order chi connectivity index (χ0) is 18.7. The van der Waals surface area contributed by atoms with Gasteiger partial charge < -0.3 is 14.6 Å². The van der Waals surface area contributed by atoms with E-state index in [2.05, 4.69) is 0 Å². The summed E-state index contributed by atoms with van der Waals surface area (Å²) in [6, 6.07) is 12.4. The van der Waals surface area contributed by atoms with Crippen LogP contribution in [0.25, 0.3) is 0 Å². The molecule has 1 fully saturated rings. The van der Waals surface area contributed by atoms with Crippen molar-refractivity contribution in [3.63, 3.8) is 0 Å². The van der Waals surface area contributed by atoms with Gasteiger partial charge in [-0.3, -0.25) is 9.69 Å². The van der Waals surface area contributed by atoms with E-state index in [-0.39, 0.29) is 6.04 Å².